The van der Waals surface area contributed by atoms with E-state index < -0.39 is 0 Å². The molecule has 4 heteroatoms. The Kier molecular flexibility index (Phi) is 6.58. The van der Waals surface area contributed by atoms with Crippen LogP contribution >= 0.6 is 0 Å². The normalized spacial score (nSPS) is 10.1. The van der Waals surface area contributed by atoms with Gasteiger partial charge < -0.3 is 5.32 Å². The number of rotatable bonds is 7. The summed E-state index contributed by atoms with van der Waals surface area (Å²) < 4.78 is 0. The van der Waals surface area contributed by atoms with Gasteiger partial charge >= 0.3 is 0 Å². The molecule has 0 heterocycles. The van der Waals surface area contributed by atoms with Crippen LogP contribution in [0.3, 0.4) is 0 Å². The van der Waals surface area contributed by atoms with Crippen molar-refractivity contribution in [2.45, 2.75) is 40.0 Å². The van der Waals surface area contributed by atoms with Crippen LogP contribution in [0.1, 0.15) is 41.5 Å². The molecule has 0 rings (SSSR count). The number of Topliss-reactive ketones (excluding diaryl/α,β-unsaturated/α-hetero) is 2. The summed E-state index contributed by atoms with van der Waals surface area (Å²) >= 11 is 0. The SMILES string of the molecule is CCC(=O)CNC(=O)CCC(=O)C(C)C.[HH]. The summed E-state index contributed by atoms with van der Waals surface area (Å²) in [6.45, 7) is 5.43. The zero-order chi connectivity index (χ0) is 11.8. The molecular formula is C11H21NO3. The molecule has 0 aliphatic rings. The Balaban J connectivity index is 0. The molecule has 0 atom stereocenters. The minimum absolute atomic E-state index is 0. The molecule has 1 N–H and O–H groups in total. The Morgan fingerprint density at radius 1 is 1.20 bits per heavy atom. The molecular weight excluding hydrogens is 194 g/mol. The first kappa shape index (κ1) is 13.8. The van der Waals surface area contributed by atoms with Gasteiger partial charge in [-0.3, -0.25) is 14.4 Å². The smallest absolute Gasteiger partial charge is 0.220 e. The third kappa shape index (κ3) is 6.82. The van der Waals surface area contributed by atoms with Crippen molar-refractivity contribution in [1.82, 2.24) is 5.32 Å². The molecule has 0 fully saturated rings. The summed E-state index contributed by atoms with van der Waals surface area (Å²) in [5.41, 5.74) is 0. The highest BCUT2D eigenvalue weighted by atomic mass is 16.2. The maximum absolute atomic E-state index is 11.2. The number of carbonyl (C=O) groups is 3. The van der Waals surface area contributed by atoms with Gasteiger partial charge in [0.1, 0.15) is 5.78 Å². The van der Waals surface area contributed by atoms with Crippen molar-refractivity contribution in [3.8, 4) is 0 Å². The fourth-order valence-electron chi connectivity index (χ4n) is 0.936. The van der Waals surface area contributed by atoms with E-state index in [0.29, 0.717) is 6.42 Å². The molecule has 0 saturated heterocycles. The van der Waals surface area contributed by atoms with Crippen LogP contribution in [-0.2, 0) is 14.4 Å². The van der Waals surface area contributed by atoms with E-state index in [-0.39, 0.29) is 44.2 Å². The van der Waals surface area contributed by atoms with Crippen molar-refractivity contribution in [1.29, 1.82) is 0 Å². The number of ketones is 2. The van der Waals surface area contributed by atoms with Crippen LogP contribution in [0.25, 0.3) is 0 Å². The van der Waals surface area contributed by atoms with E-state index in [0.717, 1.165) is 0 Å². The lowest BCUT2D eigenvalue weighted by Gasteiger charge is -2.04. The van der Waals surface area contributed by atoms with Crippen LogP contribution in [-0.4, -0.2) is 24.0 Å². The van der Waals surface area contributed by atoms with E-state index in [1.807, 2.05) is 0 Å². The van der Waals surface area contributed by atoms with Crippen molar-refractivity contribution in [3.05, 3.63) is 0 Å². The number of nitrogens with one attached hydrogen (secondary N) is 1. The maximum Gasteiger partial charge on any atom is 0.220 e. The largest absolute Gasteiger partial charge is 0.349 e. The molecule has 0 aromatic carbocycles. The quantitative estimate of drug-likeness (QED) is 0.697. The molecule has 0 aromatic rings. The van der Waals surface area contributed by atoms with Crippen molar-refractivity contribution in [3.63, 3.8) is 0 Å². The van der Waals surface area contributed by atoms with Crippen LogP contribution < -0.4 is 5.32 Å². The van der Waals surface area contributed by atoms with Crippen LogP contribution in [0.4, 0.5) is 0 Å². The molecule has 0 aromatic heterocycles. The Morgan fingerprint density at radius 3 is 2.27 bits per heavy atom. The number of amides is 1. The maximum atomic E-state index is 11.2. The molecule has 0 aliphatic heterocycles. The van der Waals surface area contributed by atoms with Gasteiger partial charge in [-0.05, 0) is 0 Å². The number of hydrogen-bond acceptors (Lipinski definition) is 3. The van der Waals surface area contributed by atoms with Gasteiger partial charge in [-0.25, -0.2) is 0 Å². The van der Waals surface area contributed by atoms with Crippen LogP contribution in [0.5, 0.6) is 0 Å². The molecule has 0 saturated carbocycles. The summed E-state index contributed by atoms with van der Waals surface area (Å²) in [6.07, 6.45) is 0.850. The first-order valence-electron chi connectivity index (χ1n) is 5.28. The average Bonchev–Trinajstić information content (AvgIpc) is 2.21. The lowest BCUT2D eigenvalue weighted by atomic mass is 10.0. The zero-order valence-electron chi connectivity index (χ0n) is 9.63. The Morgan fingerprint density at radius 2 is 1.80 bits per heavy atom. The molecule has 4 nitrogen and oxygen atoms in total. The highest BCUT2D eigenvalue weighted by molar-refractivity contribution is 5.88. The van der Waals surface area contributed by atoms with Crippen molar-refractivity contribution in [2.75, 3.05) is 6.54 Å². The van der Waals surface area contributed by atoms with Gasteiger partial charge in [0.2, 0.25) is 5.91 Å². The summed E-state index contributed by atoms with van der Waals surface area (Å²) in [6, 6.07) is 0. The standard InChI is InChI=1S/C11H19NO3.H2/c1-4-9(13)7-12-11(15)6-5-10(14)8(2)3;/h8H,4-7H2,1-3H3,(H,12,15);1H. The second-order valence-corrected chi connectivity index (χ2v) is 3.79. The van der Waals surface area contributed by atoms with Crippen LogP contribution in [0, 0.1) is 5.92 Å². The Labute approximate surface area is 91.9 Å². The minimum Gasteiger partial charge on any atom is -0.349 e. The second-order valence-electron chi connectivity index (χ2n) is 3.79. The fourth-order valence-corrected chi connectivity index (χ4v) is 0.936. The average molecular weight is 215 g/mol. The predicted octanol–water partition coefficient (Wildman–Crippen LogP) is 1.33. The summed E-state index contributed by atoms with van der Waals surface area (Å²) in [7, 11) is 0. The Bertz CT molecular complexity index is 252. The lowest BCUT2D eigenvalue weighted by molar-refractivity contribution is -0.127. The van der Waals surface area contributed by atoms with E-state index in [1.165, 1.54) is 0 Å². The van der Waals surface area contributed by atoms with Gasteiger partial charge in [0.15, 0.2) is 5.78 Å². The third-order valence-electron chi connectivity index (χ3n) is 2.12. The van der Waals surface area contributed by atoms with Gasteiger partial charge in [0.05, 0.1) is 6.54 Å². The predicted molar refractivity (Wildman–Crippen MR) is 59.5 cm³/mol. The van der Waals surface area contributed by atoms with Crippen molar-refractivity contribution in [2.24, 2.45) is 5.92 Å². The summed E-state index contributed by atoms with van der Waals surface area (Å²) in [5.74, 6) is -0.189. The second kappa shape index (κ2) is 7.15. The van der Waals surface area contributed by atoms with Gasteiger partial charge in [0.25, 0.3) is 0 Å². The Hall–Kier alpha value is -1.19. The van der Waals surface area contributed by atoms with Gasteiger partial charge in [-0.15, -0.1) is 0 Å². The summed E-state index contributed by atoms with van der Waals surface area (Å²) in [4.78, 5) is 33.3. The monoisotopic (exact) mass is 215 g/mol. The molecule has 0 spiro atoms. The molecule has 15 heavy (non-hydrogen) atoms. The lowest BCUT2D eigenvalue weighted by Crippen LogP contribution is -2.29. The minimum atomic E-state index is -0.231. The van der Waals surface area contributed by atoms with E-state index in [2.05, 4.69) is 5.32 Å². The van der Waals surface area contributed by atoms with Crippen molar-refractivity contribution < 1.29 is 15.8 Å². The first-order valence-corrected chi connectivity index (χ1v) is 5.28. The molecule has 0 radical (unpaired) electrons. The molecule has 0 unspecified atom stereocenters. The highest BCUT2D eigenvalue weighted by Gasteiger charge is 2.10. The van der Waals surface area contributed by atoms with Gasteiger partial charge in [0, 0.05) is 26.6 Å². The molecule has 1 amide bonds. The zero-order valence-corrected chi connectivity index (χ0v) is 9.63. The highest BCUT2D eigenvalue weighted by Crippen LogP contribution is 2.01. The van der Waals surface area contributed by atoms with E-state index in [9.17, 15) is 14.4 Å². The van der Waals surface area contributed by atoms with E-state index in [1.54, 1.807) is 20.8 Å². The van der Waals surface area contributed by atoms with E-state index >= 15 is 0 Å². The fraction of sp³-hybridized carbons (Fsp3) is 0.727. The van der Waals surface area contributed by atoms with Crippen molar-refractivity contribution >= 4 is 17.5 Å². The molecule has 0 bridgehead atoms. The molecule has 0 aliphatic carbocycles. The third-order valence-corrected chi connectivity index (χ3v) is 2.12. The topological polar surface area (TPSA) is 63.2 Å². The molecule has 88 valence electrons. The van der Waals surface area contributed by atoms with E-state index in [4.69, 9.17) is 0 Å². The number of hydrogen-bond donors (Lipinski definition) is 1. The van der Waals surface area contributed by atoms with Crippen LogP contribution in [0.2, 0.25) is 0 Å². The van der Waals surface area contributed by atoms with Gasteiger partial charge in [-0.2, -0.15) is 0 Å². The number of carbonyl (C=O) groups excluding carboxylic acids is 3. The van der Waals surface area contributed by atoms with Gasteiger partial charge in [-0.1, -0.05) is 20.8 Å². The first-order chi connectivity index (χ1) is 6.97. The summed E-state index contributed by atoms with van der Waals surface area (Å²) in [5, 5.41) is 2.49. The van der Waals surface area contributed by atoms with Crippen LogP contribution in [0.15, 0.2) is 0 Å².